The predicted octanol–water partition coefficient (Wildman–Crippen LogP) is 8.29. The van der Waals surface area contributed by atoms with E-state index < -0.39 is 18.2 Å². The maximum atomic E-state index is 12.7. The van der Waals surface area contributed by atoms with Crippen molar-refractivity contribution in [3.8, 4) is 11.5 Å². The van der Waals surface area contributed by atoms with Gasteiger partial charge in [-0.3, -0.25) is 9.59 Å². The van der Waals surface area contributed by atoms with Gasteiger partial charge in [0.25, 0.3) is 0 Å². The van der Waals surface area contributed by atoms with Crippen molar-refractivity contribution >= 4 is 11.9 Å². The monoisotopic (exact) mass is 582 g/mol. The topological polar surface area (TPSA) is 93.1 Å². The lowest BCUT2D eigenvalue weighted by molar-refractivity contribution is -0.184. The zero-order valence-corrected chi connectivity index (χ0v) is 28.2. The lowest BCUT2D eigenvalue weighted by Crippen LogP contribution is -2.23. The second-order valence-corrected chi connectivity index (χ2v) is 15.6. The molecule has 0 aliphatic heterocycles. The third kappa shape index (κ3) is 9.50. The number of ether oxygens (including phenoxy) is 2. The second-order valence-electron chi connectivity index (χ2n) is 15.6. The zero-order chi connectivity index (χ0) is 32.4. The van der Waals surface area contributed by atoms with Gasteiger partial charge in [-0.1, -0.05) is 95.2 Å². The fraction of sp³-hybridized carbons (Fsp3) is 0.611. The van der Waals surface area contributed by atoms with Crippen molar-refractivity contribution in [2.75, 3.05) is 0 Å². The molecule has 0 unspecified atom stereocenters. The van der Waals surface area contributed by atoms with Crippen molar-refractivity contribution in [1.82, 2.24) is 0 Å². The van der Waals surface area contributed by atoms with Crippen molar-refractivity contribution in [2.45, 2.75) is 144 Å². The molecule has 2 N–H and O–H groups in total. The Kier molecular flexibility index (Phi) is 10.6. The Hall–Kier alpha value is -3.02. The van der Waals surface area contributed by atoms with Gasteiger partial charge in [0.2, 0.25) is 6.29 Å². The summed E-state index contributed by atoms with van der Waals surface area (Å²) >= 11 is 0. The molecule has 0 saturated carbocycles. The molecule has 2 rings (SSSR count). The average molecular weight is 583 g/mol. The average Bonchev–Trinajstić information content (AvgIpc) is 2.79. The van der Waals surface area contributed by atoms with Crippen LogP contribution in [0.2, 0.25) is 0 Å². The molecule has 0 fully saturated rings. The second kappa shape index (κ2) is 12.7. The molecule has 0 atom stereocenters. The number of benzene rings is 2. The first-order chi connectivity index (χ1) is 18.9. The molecule has 6 nitrogen and oxygen atoms in total. The van der Waals surface area contributed by atoms with Gasteiger partial charge in [0.15, 0.2) is 0 Å². The quantitative estimate of drug-likeness (QED) is 0.240. The van der Waals surface area contributed by atoms with Gasteiger partial charge in [0.05, 0.1) is 0 Å². The maximum absolute atomic E-state index is 12.7. The maximum Gasteiger partial charge on any atom is 0.309 e. The van der Waals surface area contributed by atoms with Crippen molar-refractivity contribution < 1.29 is 29.3 Å². The Balaban J connectivity index is 2.07. The lowest BCUT2D eigenvalue weighted by atomic mass is 9.78. The Bertz CT molecular complexity index is 1180. The van der Waals surface area contributed by atoms with E-state index in [1.165, 1.54) is 0 Å². The van der Waals surface area contributed by atoms with Gasteiger partial charge >= 0.3 is 11.9 Å². The number of carbonyl (C=O) groups excluding carboxylic acids is 2. The van der Waals surface area contributed by atoms with Gasteiger partial charge in [-0.2, -0.15) is 0 Å². The molecule has 0 saturated heterocycles. The van der Waals surface area contributed by atoms with Crippen LogP contribution >= 0.6 is 0 Å². The van der Waals surface area contributed by atoms with E-state index in [2.05, 4.69) is 41.5 Å². The highest BCUT2D eigenvalue weighted by molar-refractivity contribution is 5.72. The molecule has 2 aromatic rings. The minimum Gasteiger partial charge on any atom is -0.508 e. The fourth-order valence-electron chi connectivity index (χ4n) is 5.26. The van der Waals surface area contributed by atoms with E-state index in [1.54, 1.807) is 6.92 Å². The fourth-order valence-corrected chi connectivity index (χ4v) is 5.26. The van der Waals surface area contributed by atoms with Gasteiger partial charge in [-0.05, 0) is 80.0 Å². The van der Waals surface area contributed by atoms with Crippen LogP contribution in [0.5, 0.6) is 11.5 Å². The summed E-state index contributed by atoms with van der Waals surface area (Å²) in [6, 6.07) is 7.62. The Labute approximate surface area is 253 Å². The van der Waals surface area contributed by atoms with Crippen LogP contribution in [0, 0.1) is 0 Å². The van der Waals surface area contributed by atoms with Gasteiger partial charge in [0, 0.05) is 19.8 Å². The van der Waals surface area contributed by atoms with Crippen LogP contribution in [0.4, 0.5) is 0 Å². The number of rotatable bonds is 8. The summed E-state index contributed by atoms with van der Waals surface area (Å²) in [5.41, 5.74) is 4.69. The number of aryl methyl sites for hydroxylation is 2. The van der Waals surface area contributed by atoms with Crippen molar-refractivity contribution in [3.05, 3.63) is 57.6 Å². The van der Waals surface area contributed by atoms with E-state index in [-0.39, 0.29) is 46.0 Å². The minimum atomic E-state index is -1.01. The summed E-state index contributed by atoms with van der Waals surface area (Å²) in [6.45, 7) is 26.3. The minimum absolute atomic E-state index is 0.122. The molecule has 6 heteroatoms. The molecule has 234 valence electrons. The number of aromatic hydroxyl groups is 2. The first kappa shape index (κ1) is 35.2. The van der Waals surface area contributed by atoms with E-state index in [4.69, 9.17) is 9.47 Å². The van der Waals surface area contributed by atoms with Gasteiger partial charge in [-0.25, -0.2) is 0 Å². The standard InChI is InChI=1S/C36H54O6/c1-22(41-31(39)16-14-23-18-27(35(8,9)10)29(37)20-25(23)33(2,3)4)42-32(40)17-15-24-19-28(36(11,12)13)30(38)21-26(24)34(5,6)7/h18-22,37-38H,14-17H2,1-13H3. The van der Waals surface area contributed by atoms with Crippen LogP contribution in [0.15, 0.2) is 24.3 Å². The van der Waals surface area contributed by atoms with Crippen molar-refractivity contribution in [1.29, 1.82) is 0 Å². The van der Waals surface area contributed by atoms with Crippen LogP contribution in [0.25, 0.3) is 0 Å². The molecule has 0 spiro atoms. The van der Waals surface area contributed by atoms with E-state index in [1.807, 2.05) is 65.8 Å². The molecule has 0 aliphatic rings. The Morgan fingerprint density at radius 3 is 1.12 bits per heavy atom. The van der Waals surface area contributed by atoms with Crippen molar-refractivity contribution in [2.24, 2.45) is 0 Å². The summed E-state index contributed by atoms with van der Waals surface area (Å²) in [5, 5.41) is 21.4. The number of hydrogen-bond acceptors (Lipinski definition) is 6. The highest BCUT2D eigenvalue weighted by Crippen LogP contribution is 2.39. The van der Waals surface area contributed by atoms with Crippen LogP contribution in [0.1, 0.15) is 136 Å². The first-order valence-corrected chi connectivity index (χ1v) is 15.0. The molecule has 0 heterocycles. The molecule has 42 heavy (non-hydrogen) atoms. The van der Waals surface area contributed by atoms with Crippen LogP contribution in [0.3, 0.4) is 0 Å². The van der Waals surface area contributed by atoms with E-state index in [9.17, 15) is 19.8 Å². The lowest BCUT2D eigenvalue weighted by Gasteiger charge is -2.28. The number of phenolic OH excluding ortho intramolecular Hbond substituents is 2. The van der Waals surface area contributed by atoms with Gasteiger partial charge < -0.3 is 19.7 Å². The Morgan fingerprint density at radius 2 is 0.857 bits per heavy atom. The molecule has 0 aliphatic carbocycles. The van der Waals surface area contributed by atoms with Crippen LogP contribution in [-0.4, -0.2) is 28.4 Å². The number of hydrogen-bond donors (Lipinski definition) is 2. The highest BCUT2D eigenvalue weighted by atomic mass is 16.7. The van der Waals surface area contributed by atoms with Crippen LogP contribution < -0.4 is 0 Å². The largest absolute Gasteiger partial charge is 0.508 e. The molecule has 0 aromatic heterocycles. The SMILES string of the molecule is CC(OC(=O)CCc1cc(C(C)(C)C)c(O)cc1C(C)(C)C)OC(=O)CCc1cc(C(C)(C)C)c(O)cc1C(C)(C)C. The molecular weight excluding hydrogens is 528 g/mol. The summed E-state index contributed by atoms with van der Waals surface area (Å²) in [7, 11) is 0. The summed E-state index contributed by atoms with van der Waals surface area (Å²) in [5.74, 6) is -0.389. The smallest absolute Gasteiger partial charge is 0.309 e. The van der Waals surface area contributed by atoms with Crippen molar-refractivity contribution in [3.63, 3.8) is 0 Å². The first-order valence-electron chi connectivity index (χ1n) is 15.0. The zero-order valence-electron chi connectivity index (χ0n) is 28.2. The molecule has 2 aromatic carbocycles. The molecule has 0 bridgehead atoms. The normalized spacial score (nSPS) is 12.9. The van der Waals surface area contributed by atoms with E-state index in [0.29, 0.717) is 12.8 Å². The van der Waals surface area contributed by atoms with E-state index in [0.717, 1.165) is 33.4 Å². The van der Waals surface area contributed by atoms with Crippen LogP contribution in [-0.2, 0) is 53.6 Å². The third-order valence-corrected chi connectivity index (χ3v) is 7.47. The highest BCUT2D eigenvalue weighted by Gasteiger charge is 2.27. The number of esters is 2. The summed E-state index contributed by atoms with van der Waals surface area (Å²) in [6.07, 6.45) is 0.128. The summed E-state index contributed by atoms with van der Waals surface area (Å²) in [4.78, 5) is 25.5. The molecule has 0 amide bonds. The Morgan fingerprint density at radius 1 is 0.571 bits per heavy atom. The number of carbonyl (C=O) groups is 2. The predicted molar refractivity (Wildman–Crippen MR) is 169 cm³/mol. The molecular formula is C36H54O6. The third-order valence-electron chi connectivity index (χ3n) is 7.47. The van der Waals surface area contributed by atoms with Gasteiger partial charge in [0.1, 0.15) is 11.5 Å². The number of phenols is 2. The molecule has 0 radical (unpaired) electrons. The van der Waals surface area contributed by atoms with E-state index >= 15 is 0 Å². The summed E-state index contributed by atoms with van der Waals surface area (Å²) < 4.78 is 10.9. The van der Waals surface area contributed by atoms with Gasteiger partial charge in [-0.15, -0.1) is 0 Å².